The van der Waals surface area contributed by atoms with Gasteiger partial charge in [-0.3, -0.25) is 4.79 Å². The molecule has 4 nitrogen and oxygen atoms in total. The lowest BCUT2D eigenvalue weighted by Gasteiger charge is -2.17. The van der Waals surface area contributed by atoms with E-state index < -0.39 is 6.10 Å². The minimum Gasteiger partial charge on any atom is -0.491 e. The molecule has 2 rings (SSSR count). The highest BCUT2D eigenvalue weighted by atomic mass is 16.5. The smallest absolute Gasteiger partial charge is 0.261 e. The third kappa shape index (κ3) is 5.01. The van der Waals surface area contributed by atoms with Gasteiger partial charge in [0.15, 0.2) is 6.10 Å². The molecule has 0 aliphatic carbocycles. The van der Waals surface area contributed by atoms with E-state index >= 15 is 0 Å². The normalized spacial score (nSPS) is 11.6. The summed E-state index contributed by atoms with van der Waals surface area (Å²) in [4.78, 5) is 12.2. The first kappa shape index (κ1) is 17.9. The van der Waals surface area contributed by atoms with Crippen LogP contribution in [0, 0.1) is 13.8 Å². The van der Waals surface area contributed by atoms with Crippen LogP contribution in [0.2, 0.25) is 0 Å². The van der Waals surface area contributed by atoms with E-state index in [4.69, 9.17) is 9.47 Å². The van der Waals surface area contributed by atoms with Crippen molar-refractivity contribution in [2.45, 2.75) is 33.3 Å². The van der Waals surface area contributed by atoms with Crippen LogP contribution in [0.5, 0.6) is 11.5 Å². The van der Waals surface area contributed by atoms with Gasteiger partial charge in [-0.1, -0.05) is 37.3 Å². The molecule has 0 aliphatic rings. The van der Waals surface area contributed by atoms with E-state index in [0.717, 1.165) is 11.3 Å². The number of aryl methyl sites for hydroxylation is 1. The molecule has 24 heavy (non-hydrogen) atoms. The first-order valence-electron chi connectivity index (χ1n) is 8.30. The summed E-state index contributed by atoms with van der Waals surface area (Å²) in [6.45, 7) is 6.89. The standard InChI is InChI=1S/C20H25NO3/c1-4-18(24-17-10-6-5-7-11-17)20(22)21-13-14-23-19-12-8-9-15(2)16(19)3/h5-12,18H,4,13-14H2,1-3H3,(H,21,22)/t18-/m1/s1. The maximum absolute atomic E-state index is 12.2. The van der Waals surface area contributed by atoms with Gasteiger partial charge in [-0.25, -0.2) is 0 Å². The highest BCUT2D eigenvalue weighted by Crippen LogP contribution is 2.20. The molecule has 1 atom stereocenters. The molecule has 4 heteroatoms. The molecule has 0 bridgehead atoms. The number of amides is 1. The van der Waals surface area contributed by atoms with Crippen LogP contribution in [0.15, 0.2) is 48.5 Å². The van der Waals surface area contributed by atoms with E-state index in [9.17, 15) is 4.79 Å². The van der Waals surface area contributed by atoms with Gasteiger partial charge in [-0.05, 0) is 49.6 Å². The van der Waals surface area contributed by atoms with E-state index in [2.05, 4.69) is 18.3 Å². The largest absolute Gasteiger partial charge is 0.491 e. The molecule has 0 spiro atoms. The van der Waals surface area contributed by atoms with Crippen LogP contribution in [-0.4, -0.2) is 25.2 Å². The maximum Gasteiger partial charge on any atom is 0.261 e. The zero-order valence-corrected chi connectivity index (χ0v) is 14.5. The second-order valence-corrected chi connectivity index (χ2v) is 5.67. The third-order valence-electron chi connectivity index (χ3n) is 3.90. The van der Waals surface area contributed by atoms with Gasteiger partial charge in [0.2, 0.25) is 0 Å². The molecule has 1 amide bonds. The van der Waals surface area contributed by atoms with E-state index in [1.807, 2.05) is 56.3 Å². The van der Waals surface area contributed by atoms with Crippen molar-refractivity contribution in [2.75, 3.05) is 13.2 Å². The van der Waals surface area contributed by atoms with Crippen LogP contribution < -0.4 is 14.8 Å². The van der Waals surface area contributed by atoms with Crippen molar-refractivity contribution >= 4 is 5.91 Å². The fourth-order valence-electron chi connectivity index (χ4n) is 2.32. The molecule has 0 unspecified atom stereocenters. The van der Waals surface area contributed by atoms with Gasteiger partial charge in [0.1, 0.15) is 18.1 Å². The number of para-hydroxylation sites is 1. The molecule has 0 heterocycles. The van der Waals surface area contributed by atoms with Crippen molar-refractivity contribution in [3.05, 3.63) is 59.7 Å². The molecule has 0 radical (unpaired) electrons. The first-order chi connectivity index (χ1) is 11.6. The number of ether oxygens (including phenoxy) is 2. The van der Waals surface area contributed by atoms with Crippen LogP contribution in [0.3, 0.4) is 0 Å². The van der Waals surface area contributed by atoms with Gasteiger partial charge < -0.3 is 14.8 Å². The zero-order chi connectivity index (χ0) is 17.4. The minimum atomic E-state index is -0.492. The van der Waals surface area contributed by atoms with Gasteiger partial charge in [0.05, 0.1) is 6.54 Å². The molecule has 0 aliphatic heterocycles. The van der Waals surface area contributed by atoms with Crippen LogP contribution in [0.4, 0.5) is 0 Å². The lowest BCUT2D eigenvalue weighted by Crippen LogP contribution is -2.39. The molecule has 1 N–H and O–H groups in total. The number of hydrogen-bond acceptors (Lipinski definition) is 3. The van der Waals surface area contributed by atoms with Crippen molar-refractivity contribution in [1.82, 2.24) is 5.32 Å². The summed E-state index contributed by atoms with van der Waals surface area (Å²) in [5.41, 5.74) is 2.32. The Morgan fingerprint density at radius 2 is 1.83 bits per heavy atom. The summed E-state index contributed by atoms with van der Waals surface area (Å²) in [6, 6.07) is 15.3. The Hall–Kier alpha value is -2.49. The summed E-state index contributed by atoms with van der Waals surface area (Å²) in [5, 5.41) is 2.87. The van der Waals surface area contributed by atoms with E-state index in [1.165, 1.54) is 5.56 Å². The highest BCUT2D eigenvalue weighted by molar-refractivity contribution is 5.81. The molecule has 2 aromatic carbocycles. The average molecular weight is 327 g/mol. The van der Waals surface area contributed by atoms with Gasteiger partial charge in [0, 0.05) is 0 Å². The van der Waals surface area contributed by atoms with Crippen LogP contribution in [-0.2, 0) is 4.79 Å². The summed E-state index contributed by atoms with van der Waals surface area (Å²) in [5.74, 6) is 1.44. The molecular formula is C20H25NO3. The van der Waals surface area contributed by atoms with Gasteiger partial charge in [-0.2, -0.15) is 0 Å². The van der Waals surface area contributed by atoms with Crippen molar-refractivity contribution < 1.29 is 14.3 Å². The quantitative estimate of drug-likeness (QED) is 0.753. The predicted molar refractivity (Wildman–Crippen MR) is 95.6 cm³/mol. The molecular weight excluding hydrogens is 302 g/mol. The number of rotatable bonds is 8. The summed E-state index contributed by atoms with van der Waals surface area (Å²) in [7, 11) is 0. The van der Waals surface area contributed by atoms with Crippen LogP contribution in [0.1, 0.15) is 24.5 Å². The Morgan fingerprint density at radius 1 is 1.08 bits per heavy atom. The lowest BCUT2D eigenvalue weighted by atomic mass is 10.1. The fourth-order valence-corrected chi connectivity index (χ4v) is 2.32. The van der Waals surface area contributed by atoms with Crippen molar-refractivity contribution in [2.24, 2.45) is 0 Å². The molecule has 0 aromatic heterocycles. The van der Waals surface area contributed by atoms with Gasteiger partial charge in [0.25, 0.3) is 5.91 Å². The fraction of sp³-hybridized carbons (Fsp3) is 0.350. The average Bonchev–Trinajstić information content (AvgIpc) is 2.60. The Bertz CT molecular complexity index is 655. The third-order valence-corrected chi connectivity index (χ3v) is 3.90. The summed E-state index contributed by atoms with van der Waals surface area (Å²) < 4.78 is 11.5. The summed E-state index contributed by atoms with van der Waals surface area (Å²) in [6.07, 6.45) is 0.117. The Kier molecular flexibility index (Phi) is 6.67. The SMILES string of the molecule is CC[C@@H](Oc1ccccc1)C(=O)NCCOc1cccc(C)c1C. The second kappa shape index (κ2) is 8.96. The number of nitrogens with one attached hydrogen (secondary N) is 1. The topological polar surface area (TPSA) is 47.6 Å². The summed E-state index contributed by atoms with van der Waals surface area (Å²) >= 11 is 0. The Labute approximate surface area is 143 Å². The second-order valence-electron chi connectivity index (χ2n) is 5.67. The molecule has 0 saturated carbocycles. The van der Waals surface area contributed by atoms with Crippen LogP contribution >= 0.6 is 0 Å². The van der Waals surface area contributed by atoms with Crippen molar-refractivity contribution in [3.8, 4) is 11.5 Å². The first-order valence-corrected chi connectivity index (χ1v) is 8.30. The van der Waals surface area contributed by atoms with Crippen LogP contribution in [0.25, 0.3) is 0 Å². The Morgan fingerprint density at radius 3 is 2.54 bits per heavy atom. The van der Waals surface area contributed by atoms with E-state index in [-0.39, 0.29) is 5.91 Å². The maximum atomic E-state index is 12.2. The monoisotopic (exact) mass is 327 g/mol. The highest BCUT2D eigenvalue weighted by Gasteiger charge is 2.17. The molecule has 0 fully saturated rings. The number of carbonyl (C=O) groups excluding carboxylic acids is 1. The molecule has 0 saturated heterocycles. The number of carbonyl (C=O) groups is 1. The molecule has 2 aromatic rings. The van der Waals surface area contributed by atoms with Crippen molar-refractivity contribution in [1.29, 1.82) is 0 Å². The molecule has 128 valence electrons. The number of hydrogen-bond donors (Lipinski definition) is 1. The lowest BCUT2D eigenvalue weighted by molar-refractivity contribution is -0.128. The number of benzene rings is 2. The predicted octanol–water partition coefficient (Wildman–Crippen LogP) is 3.66. The minimum absolute atomic E-state index is 0.120. The zero-order valence-electron chi connectivity index (χ0n) is 14.5. The van der Waals surface area contributed by atoms with E-state index in [0.29, 0.717) is 25.3 Å². The van der Waals surface area contributed by atoms with E-state index in [1.54, 1.807) is 0 Å². The van der Waals surface area contributed by atoms with Crippen molar-refractivity contribution in [3.63, 3.8) is 0 Å². The Balaban J connectivity index is 1.78. The van der Waals surface area contributed by atoms with Gasteiger partial charge in [-0.15, -0.1) is 0 Å². The van der Waals surface area contributed by atoms with Gasteiger partial charge >= 0.3 is 0 Å².